The van der Waals surface area contributed by atoms with Crippen molar-refractivity contribution in [2.45, 2.75) is 12.8 Å². The van der Waals surface area contributed by atoms with Crippen molar-refractivity contribution in [1.82, 2.24) is 0 Å². The fourth-order valence-corrected chi connectivity index (χ4v) is 0.898. The summed E-state index contributed by atoms with van der Waals surface area (Å²) in [5, 5.41) is 27.2. The molecule has 0 aliphatic heterocycles. The Morgan fingerprint density at radius 2 is 2.00 bits per heavy atom. The Morgan fingerprint density at radius 1 is 1.31 bits per heavy atom. The molecule has 0 aromatic carbocycles. The minimum Gasteiger partial charge on any atom is -0.550 e. The predicted octanol–water partition coefficient (Wildman–Crippen LogP) is -2.42. The van der Waals surface area contributed by atoms with Gasteiger partial charge in [-0.05, 0) is 0 Å². The molecule has 76 valence electrons. The molecule has 0 amide bonds. The zero-order chi connectivity index (χ0) is 10.1. The molecule has 0 rings (SSSR count). The SMILES string of the molecule is O=C([O-])CC[N+](=CCCO)CCO. The Balaban J connectivity index is 3.85. The molecule has 0 atom stereocenters. The quantitative estimate of drug-likeness (QED) is 0.345. The summed E-state index contributed by atoms with van der Waals surface area (Å²) in [4.78, 5) is 10.1. The number of carboxylic acid groups (broad SMARTS) is 1. The zero-order valence-electron chi connectivity index (χ0n) is 7.48. The van der Waals surface area contributed by atoms with Crippen molar-refractivity contribution in [1.29, 1.82) is 0 Å². The number of nitrogens with zero attached hydrogens (tertiary/aromatic N) is 1. The van der Waals surface area contributed by atoms with E-state index >= 15 is 0 Å². The molecular formula is C8H15NO4. The number of hydrogen-bond acceptors (Lipinski definition) is 4. The van der Waals surface area contributed by atoms with Gasteiger partial charge in [0, 0.05) is 18.8 Å². The molecule has 5 nitrogen and oxygen atoms in total. The maximum atomic E-state index is 10.1. The monoisotopic (exact) mass is 189 g/mol. The van der Waals surface area contributed by atoms with E-state index in [0.29, 0.717) is 19.5 Å². The van der Waals surface area contributed by atoms with E-state index in [9.17, 15) is 9.90 Å². The van der Waals surface area contributed by atoms with E-state index in [-0.39, 0.29) is 19.6 Å². The number of hydrogen-bond donors (Lipinski definition) is 2. The molecule has 0 bridgehead atoms. The Labute approximate surface area is 76.9 Å². The van der Waals surface area contributed by atoms with Crippen molar-refractivity contribution in [3.05, 3.63) is 0 Å². The van der Waals surface area contributed by atoms with Crippen LogP contribution in [0.1, 0.15) is 12.8 Å². The summed E-state index contributed by atoms with van der Waals surface area (Å²) >= 11 is 0. The second-order valence-corrected chi connectivity index (χ2v) is 2.58. The highest BCUT2D eigenvalue weighted by Crippen LogP contribution is 1.82. The fourth-order valence-electron chi connectivity index (χ4n) is 0.898. The Hall–Kier alpha value is -0.940. The molecule has 0 aromatic heterocycles. The number of aliphatic carboxylic acids is 1. The van der Waals surface area contributed by atoms with Gasteiger partial charge in [-0.3, -0.25) is 0 Å². The van der Waals surface area contributed by atoms with Gasteiger partial charge >= 0.3 is 0 Å². The molecule has 0 unspecified atom stereocenters. The topological polar surface area (TPSA) is 83.6 Å². The minimum atomic E-state index is -1.11. The van der Waals surface area contributed by atoms with Crippen LogP contribution >= 0.6 is 0 Å². The van der Waals surface area contributed by atoms with Gasteiger partial charge in [-0.25, -0.2) is 4.58 Å². The van der Waals surface area contributed by atoms with Crippen molar-refractivity contribution in [2.24, 2.45) is 0 Å². The van der Waals surface area contributed by atoms with Gasteiger partial charge in [-0.1, -0.05) is 0 Å². The van der Waals surface area contributed by atoms with Crippen LogP contribution in [-0.4, -0.2) is 53.3 Å². The van der Waals surface area contributed by atoms with Crippen LogP contribution in [0.5, 0.6) is 0 Å². The average Bonchev–Trinajstić information content (AvgIpc) is 2.09. The first kappa shape index (κ1) is 12.1. The lowest BCUT2D eigenvalue weighted by Gasteiger charge is -2.02. The van der Waals surface area contributed by atoms with Gasteiger partial charge in [0.25, 0.3) is 0 Å². The van der Waals surface area contributed by atoms with Gasteiger partial charge in [-0.15, -0.1) is 0 Å². The van der Waals surface area contributed by atoms with Crippen LogP contribution in [-0.2, 0) is 4.79 Å². The van der Waals surface area contributed by atoms with E-state index in [1.165, 1.54) is 0 Å². The summed E-state index contributed by atoms with van der Waals surface area (Å²) < 4.78 is 1.66. The largest absolute Gasteiger partial charge is 0.550 e. The lowest BCUT2D eigenvalue weighted by Crippen LogP contribution is -2.28. The first-order valence-corrected chi connectivity index (χ1v) is 4.19. The number of carbonyl (C=O) groups is 1. The summed E-state index contributed by atoms with van der Waals surface area (Å²) in [5.41, 5.74) is 0. The minimum absolute atomic E-state index is 0.0211. The molecule has 0 fully saturated rings. The predicted molar refractivity (Wildman–Crippen MR) is 44.5 cm³/mol. The molecule has 0 spiro atoms. The third-order valence-electron chi connectivity index (χ3n) is 1.51. The van der Waals surface area contributed by atoms with Crippen molar-refractivity contribution < 1.29 is 24.7 Å². The smallest absolute Gasteiger partial charge is 0.165 e. The summed E-state index contributed by atoms with van der Waals surface area (Å²) in [7, 11) is 0. The molecule has 0 saturated carbocycles. The number of aliphatic hydroxyl groups excluding tert-OH is 2. The maximum absolute atomic E-state index is 10.1. The molecule has 0 radical (unpaired) electrons. The summed E-state index contributed by atoms with van der Waals surface area (Å²) in [5.74, 6) is -1.11. The van der Waals surface area contributed by atoms with Gasteiger partial charge in [0.15, 0.2) is 6.54 Å². The van der Waals surface area contributed by atoms with Crippen LogP contribution in [0.2, 0.25) is 0 Å². The van der Waals surface area contributed by atoms with Crippen LogP contribution in [0.25, 0.3) is 0 Å². The summed E-state index contributed by atoms with van der Waals surface area (Å²) in [6.45, 7) is 0.679. The maximum Gasteiger partial charge on any atom is 0.165 e. The highest BCUT2D eigenvalue weighted by atomic mass is 16.4. The molecular weight excluding hydrogens is 174 g/mol. The fraction of sp³-hybridized carbons (Fsp3) is 0.750. The van der Waals surface area contributed by atoms with Gasteiger partial charge in [-0.2, -0.15) is 0 Å². The molecule has 0 aliphatic rings. The Bertz CT molecular complexity index is 179. The Morgan fingerprint density at radius 3 is 2.46 bits per heavy atom. The van der Waals surface area contributed by atoms with Crippen LogP contribution in [0.15, 0.2) is 0 Å². The molecule has 0 aromatic rings. The molecule has 0 saturated heterocycles. The third-order valence-corrected chi connectivity index (χ3v) is 1.51. The highest BCUT2D eigenvalue weighted by molar-refractivity contribution is 5.64. The molecule has 0 heterocycles. The summed E-state index contributed by atoms with van der Waals surface area (Å²) in [6.07, 6.45) is 2.08. The van der Waals surface area contributed by atoms with Gasteiger partial charge in [0.1, 0.15) is 19.4 Å². The highest BCUT2D eigenvalue weighted by Gasteiger charge is 2.02. The zero-order valence-corrected chi connectivity index (χ0v) is 7.48. The second kappa shape index (κ2) is 7.70. The number of aliphatic hydroxyl groups is 2. The molecule has 5 heteroatoms. The number of carbonyl (C=O) groups excluding carboxylic acids is 1. The van der Waals surface area contributed by atoms with Crippen molar-refractivity contribution in [2.75, 3.05) is 26.3 Å². The van der Waals surface area contributed by atoms with E-state index in [2.05, 4.69) is 0 Å². The molecule has 0 aliphatic carbocycles. The van der Waals surface area contributed by atoms with E-state index in [4.69, 9.17) is 10.2 Å². The van der Waals surface area contributed by atoms with Gasteiger partial charge in [0.05, 0.1) is 6.61 Å². The van der Waals surface area contributed by atoms with Crippen LogP contribution in [0.3, 0.4) is 0 Å². The Kier molecular flexibility index (Phi) is 7.14. The number of carboxylic acids is 1. The first-order valence-electron chi connectivity index (χ1n) is 4.19. The summed E-state index contributed by atoms with van der Waals surface area (Å²) in [6, 6.07) is 0. The molecule has 2 N–H and O–H groups in total. The van der Waals surface area contributed by atoms with Crippen molar-refractivity contribution in [3.8, 4) is 0 Å². The standard InChI is InChI=1S/C8H15NO4/c10-6-1-3-9(5-7-11)4-2-8(12)13/h3,10-11H,1-2,4-7H2. The second-order valence-electron chi connectivity index (χ2n) is 2.58. The van der Waals surface area contributed by atoms with Crippen LogP contribution in [0, 0.1) is 0 Å². The lowest BCUT2D eigenvalue weighted by atomic mass is 10.4. The normalized spacial score (nSPS) is 11.7. The first-order chi connectivity index (χ1) is 6.20. The van der Waals surface area contributed by atoms with E-state index in [1.807, 2.05) is 0 Å². The lowest BCUT2D eigenvalue weighted by molar-refractivity contribution is -0.527. The average molecular weight is 189 g/mol. The van der Waals surface area contributed by atoms with Crippen molar-refractivity contribution >= 4 is 12.2 Å². The number of rotatable bonds is 7. The van der Waals surface area contributed by atoms with Gasteiger partial charge in [0.2, 0.25) is 0 Å². The van der Waals surface area contributed by atoms with Crippen LogP contribution in [0.4, 0.5) is 0 Å². The van der Waals surface area contributed by atoms with E-state index < -0.39 is 5.97 Å². The van der Waals surface area contributed by atoms with Crippen LogP contribution < -0.4 is 5.11 Å². The van der Waals surface area contributed by atoms with Crippen molar-refractivity contribution in [3.63, 3.8) is 0 Å². The van der Waals surface area contributed by atoms with Gasteiger partial charge < -0.3 is 20.1 Å². The van der Waals surface area contributed by atoms with E-state index in [1.54, 1.807) is 10.8 Å². The molecule has 13 heavy (non-hydrogen) atoms. The third kappa shape index (κ3) is 7.42. The van der Waals surface area contributed by atoms with E-state index in [0.717, 1.165) is 0 Å².